The summed E-state index contributed by atoms with van der Waals surface area (Å²) in [4.78, 5) is 4.54. The summed E-state index contributed by atoms with van der Waals surface area (Å²) in [7, 11) is 0. The van der Waals surface area contributed by atoms with Gasteiger partial charge in [-0.05, 0) is 36.8 Å². The molecule has 0 aliphatic heterocycles. The lowest BCUT2D eigenvalue weighted by molar-refractivity contribution is 0.304. The number of para-hydroxylation sites is 1. The zero-order valence-corrected chi connectivity index (χ0v) is 19.2. The maximum absolute atomic E-state index is 6.27. The van der Waals surface area contributed by atoms with Crippen LogP contribution in [0.2, 0.25) is 10.0 Å². The van der Waals surface area contributed by atoms with E-state index in [0.717, 1.165) is 35.6 Å². The summed E-state index contributed by atoms with van der Waals surface area (Å²) in [5.74, 6) is 0.839. The first kappa shape index (κ1) is 22.6. The number of nitrogens with one attached hydrogen (secondary N) is 1. The van der Waals surface area contributed by atoms with E-state index in [0.29, 0.717) is 15.2 Å². The molecule has 3 rings (SSSR count). The van der Waals surface area contributed by atoms with Gasteiger partial charge in [-0.3, -0.25) is 5.43 Å². The maximum Gasteiger partial charge on any atom is 0.203 e. The third kappa shape index (κ3) is 6.73. The summed E-state index contributed by atoms with van der Waals surface area (Å²) in [6.07, 6.45) is 7.83. The molecular formula is C23H25Cl2N3OS. The minimum atomic E-state index is 0.573. The molecule has 0 fully saturated rings. The van der Waals surface area contributed by atoms with Gasteiger partial charge in [-0.15, -0.1) is 11.3 Å². The molecule has 0 atom stereocenters. The van der Waals surface area contributed by atoms with Gasteiger partial charge in [0.2, 0.25) is 5.13 Å². The van der Waals surface area contributed by atoms with Gasteiger partial charge in [0.15, 0.2) is 0 Å². The highest BCUT2D eigenvalue weighted by molar-refractivity contribution is 7.14. The molecule has 4 nitrogen and oxygen atoms in total. The van der Waals surface area contributed by atoms with Crippen molar-refractivity contribution in [2.45, 2.75) is 39.0 Å². The first-order valence-corrected chi connectivity index (χ1v) is 11.7. The van der Waals surface area contributed by atoms with Crippen molar-refractivity contribution in [1.29, 1.82) is 0 Å². The third-order valence-corrected chi connectivity index (χ3v) is 5.79. The van der Waals surface area contributed by atoms with Crippen LogP contribution in [0.4, 0.5) is 5.13 Å². The fourth-order valence-corrected chi connectivity index (χ4v) is 4.07. The Hall–Kier alpha value is -2.08. The SMILES string of the molecule is CCCCCCCOc1ccccc1/C=N\Nc1nc(-c2ccc(Cl)cc2Cl)cs1. The molecule has 0 radical (unpaired) electrons. The van der Waals surface area contributed by atoms with Crippen molar-refractivity contribution in [1.82, 2.24) is 4.98 Å². The fraction of sp³-hybridized carbons (Fsp3) is 0.304. The van der Waals surface area contributed by atoms with E-state index < -0.39 is 0 Å². The molecule has 0 saturated heterocycles. The third-order valence-electron chi connectivity index (χ3n) is 4.50. The molecule has 3 aromatic rings. The summed E-state index contributed by atoms with van der Waals surface area (Å²) in [5.41, 5.74) is 5.53. The summed E-state index contributed by atoms with van der Waals surface area (Å²) in [6.45, 7) is 2.94. The normalized spacial score (nSPS) is 11.2. The number of nitrogens with zero attached hydrogens (tertiary/aromatic N) is 2. The molecular weight excluding hydrogens is 437 g/mol. The molecule has 0 bridgehead atoms. The molecule has 1 heterocycles. The number of anilines is 1. The largest absolute Gasteiger partial charge is 0.493 e. The number of ether oxygens (including phenoxy) is 1. The van der Waals surface area contributed by atoms with Gasteiger partial charge in [0.05, 0.1) is 23.5 Å². The molecule has 158 valence electrons. The molecule has 0 amide bonds. The fourth-order valence-electron chi connectivity index (χ4n) is 2.91. The van der Waals surface area contributed by atoms with Crippen molar-refractivity contribution in [2.24, 2.45) is 5.10 Å². The summed E-state index contributed by atoms with van der Waals surface area (Å²) in [6, 6.07) is 13.3. The van der Waals surface area contributed by atoms with Gasteiger partial charge in [-0.1, -0.05) is 67.9 Å². The number of halogens is 2. The average molecular weight is 462 g/mol. The topological polar surface area (TPSA) is 46.5 Å². The second-order valence-electron chi connectivity index (χ2n) is 6.83. The van der Waals surface area contributed by atoms with Gasteiger partial charge in [-0.25, -0.2) is 4.98 Å². The van der Waals surface area contributed by atoms with Crippen molar-refractivity contribution in [3.05, 3.63) is 63.5 Å². The van der Waals surface area contributed by atoms with Crippen LogP contribution in [0.5, 0.6) is 5.75 Å². The second-order valence-corrected chi connectivity index (χ2v) is 8.53. The lowest BCUT2D eigenvalue weighted by atomic mass is 10.2. The molecule has 0 saturated carbocycles. The Morgan fingerprint density at radius 1 is 1.10 bits per heavy atom. The Morgan fingerprint density at radius 3 is 2.77 bits per heavy atom. The van der Waals surface area contributed by atoms with E-state index in [9.17, 15) is 0 Å². The van der Waals surface area contributed by atoms with Crippen molar-refractivity contribution in [3.8, 4) is 17.0 Å². The van der Waals surface area contributed by atoms with E-state index in [1.165, 1.54) is 37.0 Å². The number of hydrazone groups is 1. The first-order chi connectivity index (χ1) is 14.7. The van der Waals surface area contributed by atoms with Gasteiger partial charge in [0.1, 0.15) is 5.75 Å². The summed E-state index contributed by atoms with van der Waals surface area (Å²) in [5, 5.41) is 8.11. The lowest BCUT2D eigenvalue weighted by Crippen LogP contribution is -2.00. The molecule has 0 unspecified atom stereocenters. The van der Waals surface area contributed by atoms with Crippen molar-refractivity contribution < 1.29 is 4.74 Å². The summed E-state index contributed by atoms with van der Waals surface area (Å²) >= 11 is 13.7. The Bertz CT molecular complexity index is 975. The Kier molecular flexibility index (Phi) is 9.00. The quantitative estimate of drug-likeness (QED) is 0.179. The average Bonchev–Trinajstić information content (AvgIpc) is 3.20. The maximum atomic E-state index is 6.27. The van der Waals surface area contributed by atoms with Crippen molar-refractivity contribution in [2.75, 3.05) is 12.0 Å². The van der Waals surface area contributed by atoms with Crippen LogP contribution in [-0.2, 0) is 0 Å². The zero-order valence-electron chi connectivity index (χ0n) is 16.9. The zero-order chi connectivity index (χ0) is 21.2. The van der Waals surface area contributed by atoms with Gasteiger partial charge in [0.25, 0.3) is 0 Å². The van der Waals surface area contributed by atoms with E-state index in [4.69, 9.17) is 27.9 Å². The van der Waals surface area contributed by atoms with Crippen LogP contribution in [-0.4, -0.2) is 17.8 Å². The minimum Gasteiger partial charge on any atom is -0.493 e. The molecule has 7 heteroatoms. The summed E-state index contributed by atoms with van der Waals surface area (Å²) < 4.78 is 5.95. The number of thiazole rings is 1. The molecule has 1 N–H and O–H groups in total. The number of aromatic nitrogens is 1. The molecule has 0 aliphatic rings. The Balaban J connectivity index is 1.56. The van der Waals surface area contributed by atoms with E-state index in [2.05, 4.69) is 22.4 Å². The number of rotatable bonds is 11. The van der Waals surface area contributed by atoms with Crippen LogP contribution in [0, 0.1) is 0 Å². The van der Waals surface area contributed by atoms with Crippen LogP contribution in [0.25, 0.3) is 11.3 Å². The van der Waals surface area contributed by atoms with Crippen molar-refractivity contribution in [3.63, 3.8) is 0 Å². The van der Waals surface area contributed by atoms with E-state index in [-0.39, 0.29) is 0 Å². The van der Waals surface area contributed by atoms with Gasteiger partial charge in [-0.2, -0.15) is 5.10 Å². The number of benzene rings is 2. The van der Waals surface area contributed by atoms with Crippen LogP contribution in [0.1, 0.15) is 44.6 Å². The van der Waals surface area contributed by atoms with Crippen LogP contribution >= 0.6 is 34.5 Å². The predicted octanol–water partition coefficient (Wildman–Crippen LogP) is 7.91. The monoisotopic (exact) mass is 461 g/mol. The predicted molar refractivity (Wildman–Crippen MR) is 129 cm³/mol. The highest BCUT2D eigenvalue weighted by Crippen LogP contribution is 2.32. The Morgan fingerprint density at radius 2 is 1.93 bits per heavy atom. The van der Waals surface area contributed by atoms with E-state index in [1.807, 2.05) is 35.7 Å². The van der Waals surface area contributed by atoms with E-state index in [1.54, 1.807) is 18.3 Å². The van der Waals surface area contributed by atoms with Gasteiger partial charge >= 0.3 is 0 Å². The van der Waals surface area contributed by atoms with Crippen LogP contribution in [0.3, 0.4) is 0 Å². The first-order valence-electron chi connectivity index (χ1n) is 10.1. The lowest BCUT2D eigenvalue weighted by Gasteiger charge is -2.08. The van der Waals surface area contributed by atoms with Crippen LogP contribution in [0.15, 0.2) is 52.9 Å². The minimum absolute atomic E-state index is 0.573. The number of hydrogen-bond acceptors (Lipinski definition) is 5. The smallest absolute Gasteiger partial charge is 0.203 e. The molecule has 0 aliphatic carbocycles. The standard InChI is InChI=1S/C23H25Cl2N3OS/c1-2-3-4-5-8-13-29-22-10-7-6-9-17(22)15-26-28-23-27-21(16-30-23)19-12-11-18(24)14-20(19)25/h6-7,9-12,14-16H,2-5,8,13H2,1H3,(H,27,28)/b26-15-. The molecule has 2 aromatic carbocycles. The van der Waals surface area contributed by atoms with Gasteiger partial charge in [0, 0.05) is 21.5 Å². The molecule has 1 aromatic heterocycles. The second kappa shape index (κ2) is 11.9. The Labute approximate surface area is 191 Å². The highest BCUT2D eigenvalue weighted by Gasteiger charge is 2.08. The van der Waals surface area contributed by atoms with Gasteiger partial charge < -0.3 is 4.74 Å². The number of hydrogen-bond donors (Lipinski definition) is 1. The van der Waals surface area contributed by atoms with Crippen molar-refractivity contribution >= 4 is 45.9 Å². The highest BCUT2D eigenvalue weighted by atomic mass is 35.5. The molecule has 30 heavy (non-hydrogen) atoms. The van der Waals surface area contributed by atoms with E-state index >= 15 is 0 Å². The number of unbranched alkanes of at least 4 members (excludes halogenated alkanes) is 4. The molecule has 0 spiro atoms. The van der Waals surface area contributed by atoms with Crippen LogP contribution < -0.4 is 10.2 Å².